The number of ether oxygens (including phenoxy) is 1. The molecule has 2 amide bonds. The lowest BCUT2D eigenvalue weighted by Gasteiger charge is -2.42. The third-order valence-corrected chi connectivity index (χ3v) is 5.92. The van der Waals surface area contributed by atoms with E-state index in [9.17, 15) is 9.59 Å². The largest absolute Gasteiger partial charge is 0.493 e. The number of halogens is 3. The van der Waals surface area contributed by atoms with Crippen LogP contribution in [0, 0.1) is 5.41 Å². The number of piperidine rings is 1. The van der Waals surface area contributed by atoms with Gasteiger partial charge in [0, 0.05) is 29.9 Å². The zero-order valence-electron chi connectivity index (χ0n) is 15.7. The summed E-state index contributed by atoms with van der Waals surface area (Å²) >= 11 is 18.3. The van der Waals surface area contributed by atoms with Crippen LogP contribution < -0.4 is 10.5 Å². The molecule has 2 aromatic carbocycles. The van der Waals surface area contributed by atoms with Crippen molar-refractivity contribution >= 4 is 46.6 Å². The van der Waals surface area contributed by atoms with E-state index in [-0.39, 0.29) is 24.5 Å². The Kier molecular flexibility index (Phi) is 6.93. The summed E-state index contributed by atoms with van der Waals surface area (Å²) in [4.78, 5) is 26.6. The minimum Gasteiger partial charge on any atom is -0.493 e. The Balaban J connectivity index is 1.80. The molecule has 5 nitrogen and oxygen atoms in total. The van der Waals surface area contributed by atoms with Gasteiger partial charge in [0.15, 0.2) is 0 Å². The first-order valence-corrected chi connectivity index (χ1v) is 10.3. The summed E-state index contributed by atoms with van der Waals surface area (Å²) in [5.74, 6) is -0.0636. The standard InChI is InChI=1S/C21H21Cl3N2O3/c22-14-5-7-15(8-6-14)29-13-21(11-18(25)27)9-2-10-26(12-21)20(28)19-16(23)3-1-4-17(19)24/h1,3-8H,2,9-13H2,(H2,25,27)/t21-/m0/s1. The molecular weight excluding hydrogens is 435 g/mol. The maximum absolute atomic E-state index is 13.1. The Hall–Kier alpha value is -1.95. The van der Waals surface area contributed by atoms with Crippen LogP contribution in [0.3, 0.4) is 0 Å². The minimum atomic E-state index is -0.590. The number of carbonyl (C=O) groups excluding carboxylic acids is 2. The van der Waals surface area contributed by atoms with E-state index in [2.05, 4.69) is 0 Å². The Morgan fingerprint density at radius 1 is 1.07 bits per heavy atom. The number of nitrogens with two attached hydrogens (primary N) is 1. The minimum absolute atomic E-state index is 0.112. The molecule has 154 valence electrons. The Bertz CT molecular complexity index is 884. The SMILES string of the molecule is NC(=O)C[C@@]1(COc2ccc(Cl)cc2)CCCN(C(=O)c2c(Cl)cccc2Cl)C1. The first kappa shape index (κ1) is 21.8. The number of hydrogen-bond acceptors (Lipinski definition) is 3. The predicted molar refractivity (Wildman–Crippen MR) is 115 cm³/mol. The van der Waals surface area contributed by atoms with Crippen molar-refractivity contribution < 1.29 is 14.3 Å². The average molecular weight is 456 g/mol. The predicted octanol–water partition coefficient (Wildman–Crippen LogP) is 4.82. The van der Waals surface area contributed by atoms with E-state index in [0.29, 0.717) is 46.7 Å². The fraction of sp³-hybridized carbons (Fsp3) is 0.333. The lowest BCUT2D eigenvalue weighted by Crippen LogP contribution is -2.50. The van der Waals surface area contributed by atoms with Gasteiger partial charge in [-0.3, -0.25) is 9.59 Å². The Morgan fingerprint density at radius 3 is 2.34 bits per heavy atom. The number of likely N-dealkylation sites (tertiary alicyclic amines) is 1. The smallest absolute Gasteiger partial charge is 0.256 e. The highest BCUT2D eigenvalue weighted by Crippen LogP contribution is 2.36. The van der Waals surface area contributed by atoms with Gasteiger partial charge in [0.25, 0.3) is 5.91 Å². The Labute approximate surface area is 184 Å². The van der Waals surface area contributed by atoms with Gasteiger partial charge in [-0.25, -0.2) is 0 Å². The Morgan fingerprint density at radius 2 is 1.72 bits per heavy atom. The third-order valence-electron chi connectivity index (χ3n) is 5.03. The molecule has 1 saturated heterocycles. The summed E-state index contributed by atoms with van der Waals surface area (Å²) < 4.78 is 5.93. The van der Waals surface area contributed by atoms with Crippen LogP contribution in [0.25, 0.3) is 0 Å². The monoisotopic (exact) mass is 454 g/mol. The van der Waals surface area contributed by atoms with Gasteiger partial charge in [0.1, 0.15) is 5.75 Å². The molecule has 1 aliphatic heterocycles. The fourth-order valence-electron chi connectivity index (χ4n) is 3.69. The van der Waals surface area contributed by atoms with E-state index in [1.165, 1.54) is 0 Å². The second-order valence-corrected chi connectivity index (χ2v) is 8.56. The molecule has 1 fully saturated rings. The van der Waals surface area contributed by atoms with Crippen molar-refractivity contribution in [3.63, 3.8) is 0 Å². The summed E-state index contributed by atoms with van der Waals surface area (Å²) in [7, 11) is 0. The molecular formula is C21H21Cl3N2O3. The highest BCUT2D eigenvalue weighted by atomic mass is 35.5. The van der Waals surface area contributed by atoms with E-state index >= 15 is 0 Å². The van der Waals surface area contributed by atoms with Crippen LogP contribution in [0.2, 0.25) is 15.1 Å². The van der Waals surface area contributed by atoms with Crippen molar-refractivity contribution in [2.75, 3.05) is 19.7 Å². The van der Waals surface area contributed by atoms with Crippen LogP contribution in [0.1, 0.15) is 29.6 Å². The van der Waals surface area contributed by atoms with Gasteiger partial charge in [-0.1, -0.05) is 40.9 Å². The number of nitrogens with zero attached hydrogens (tertiary/aromatic N) is 1. The molecule has 2 aromatic rings. The number of rotatable bonds is 6. The number of amides is 2. The van der Waals surface area contributed by atoms with Crippen LogP contribution >= 0.6 is 34.8 Å². The summed E-state index contributed by atoms with van der Waals surface area (Å²) in [6.45, 7) is 1.11. The van der Waals surface area contributed by atoms with Gasteiger partial charge in [-0.15, -0.1) is 0 Å². The molecule has 0 bridgehead atoms. The highest BCUT2D eigenvalue weighted by molar-refractivity contribution is 6.39. The van der Waals surface area contributed by atoms with Crippen LogP contribution in [-0.4, -0.2) is 36.4 Å². The molecule has 1 heterocycles. The van der Waals surface area contributed by atoms with Gasteiger partial charge in [-0.2, -0.15) is 0 Å². The number of hydrogen-bond donors (Lipinski definition) is 1. The maximum atomic E-state index is 13.1. The average Bonchev–Trinajstić information content (AvgIpc) is 2.67. The maximum Gasteiger partial charge on any atom is 0.256 e. The normalized spacial score (nSPS) is 19.1. The molecule has 1 atom stereocenters. The van der Waals surface area contributed by atoms with Gasteiger partial charge in [0.2, 0.25) is 5.91 Å². The van der Waals surface area contributed by atoms with Crippen molar-refractivity contribution in [1.29, 1.82) is 0 Å². The van der Waals surface area contributed by atoms with E-state index in [0.717, 1.165) is 0 Å². The van der Waals surface area contributed by atoms with E-state index in [1.807, 2.05) is 0 Å². The molecule has 3 rings (SSSR count). The van der Waals surface area contributed by atoms with Gasteiger partial charge in [-0.05, 0) is 49.2 Å². The molecule has 1 aliphatic rings. The van der Waals surface area contributed by atoms with Crippen LogP contribution in [0.15, 0.2) is 42.5 Å². The molecule has 2 N–H and O–H groups in total. The molecule has 0 unspecified atom stereocenters. The molecule has 0 aromatic heterocycles. The van der Waals surface area contributed by atoms with Crippen molar-refractivity contribution in [3.05, 3.63) is 63.1 Å². The summed E-state index contributed by atoms with van der Waals surface area (Å²) in [5.41, 5.74) is 5.20. The van der Waals surface area contributed by atoms with Crippen molar-refractivity contribution in [2.45, 2.75) is 19.3 Å². The van der Waals surface area contributed by atoms with Crippen LogP contribution in [-0.2, 0) is 4.79 Å². The van der Waals surface area contributed by atoms with E-state index in [4.69, 9.17) is 45.3 Å². The topological polar surface area (TPSA) is 72.6 Å². The first-order chi connectivity index (χ1) is 13.8. The summed E-state index contributed by atoms with van der Waals surface area (Å²) in [6, 6.07) is 11.9. The molecule has 0 saturated carbocycles. The summed E-state index contributed by atoms with van der Waals surface area (Å²) in [6.07, 6.45) is 1.54. The molecule has 29 heavy (non-hydrogen) atoms. The van der Waals surface area contributed by atoms with Crippen molar-refractivity contribution in [2.24, 2.45) is 11.1 Å². The zero-order chi connectivity index (χ0) is 21.0. The van der Waals surface area contributed by atoms with Gasteiger partial charge < -0.3 is 15.4 Å². The van der Waals surface area contributed by atoms with Crippen LogP contribution in [0.5, 0.6) is 5.75 Å². The molecule has 0 spiro atoms. The summed E-state index contributed by atoms with van der Waals surface area (Å²) in [5, 5.41) is 1.20. The van der Waals surface area contributed by atoms with E-state index < -0.39 is 11.3 Å². The molecule has 0 aliphatic carbocycles. The molecule has 0 radical (unpaired) electrons. The zero-order valence-corrected chi connectivity index (χ0v) is 17.9. The van der Waals surface area contributed by atoms with Crippen LogP contribution in [0.4, 0.5) is 0 Å². The third kappa shape index (κ3) is 5.35. The van der Waals surface area contributed by atoms with Crippen molar-refractivity contribution in [1.82, 2.24) is 4.90 Å². The quantitative estimate of drug-likeness (QED) is 0.678. The van der Waals surface area contributed by atoms with E-state index in [1.54, 1.807) is 47.4 Å². The van der Waals surface area contributed by atoms with Gasteiger partial charge >= 0.3 is 0 Å². The molecule has 8 heteroatoms. The lowest BCUT2D eigenvalue weighted by molar-refractivity contribution is -0.122. The number of benzene rings is 2. The van der Waals surface area contributed by atoms with Crippen molar-refractivity contribution in [3.8, 4) is 5.75 Å². The lowest BCUT2D eigenvalue weighted by atomic mass is 9.77. The number of primary amides is 1. The first-order valence-electron chi connectivity index (χ1n) is 9.20. The second kappa shape index (κ2) is 9.24. The highest BCUT2D eigenvalue weighted by Gasteiger charge is 2.40. The number of carbonyl (C=O) groups is 2. The fourth-order valence-corrected chi connectivity index (χ4v) is 4.38. The van der Waals surface area contributed by atoms with Gasteiger partial charge in [0.05, 0.1) is 22.2 Å². The second-order valence-electron chi connectivity index (χ2n) is 7.31.